The summed E-state index contributed by atoms with van der Waals surface area (Å²) in [7, 11) is 0. The number of nitrogens with zero attached hydrogens (tertiary/aromatic N) is 1. The van der Waals surface area contributed by atoms with E-state index in [2.05, 4.69) is 0 Å². The Morgan fingerprint density at radius 2 is 1.96 bits per heavy atom. The van der Waals surface area contributed by atoms with E-state index in [1.54, 1.807) is 22.3 Å². The van der Waals surface area contributed by atoms with Gasteiger partial charge >= 0.3 is 6.18 Å². The lowest BCUT2D eigenvalue weighted by atomic mass is 10.0. The second-order valence-electron chi connectivity index (χ2n) is 5.71. The third-order valence-corrected chi connectivity index (χ3v) is 5.21. The van der Waals surface area contributed by atoms with Gasteiger partial charge < -0.3 is 4.90 Å². The SMILES string of the molecule is C[C@@H]1c2ccsc2CCN1C(=O)/C=C/c1ccc(C(F)(F)F)cc1. The molecule has 2 nitrogen and oxygen atoms in total. The third kappa shape index (κ3) is 3.38. The number of fused-ring (bicyclic) bond motifs is 1. The van der Waals surface area contributed by atoms with Gasteiger partial charge in [-0.25, -0.2) is 0 Å². The lowest BCUT2D eigenvalue weighted by Gasteiger charge is -2.32. The van der Waals surface area contributed by atoms with Crippen LogP contribution in [0.1, 0.15) is 34.5 Å². The van der Waals surface area contributed by atoms with Crippen LogP contribution in [0.2, 0.25) is 0 Å². The minimum absolute atomic E-state index is 0.0183. The zero-order valence-electron chi connectivity index (χ0n) is 13.0. The first kappa shape index (κ1) is 16.8. The summed E-state index contributed by atoms with van der Waals surface area (Å²) in [6.07, 6.45) is -0.522. The Balaban J connectivity index is 1.70. The molecule has 3 rings (SSSR count). The van der Waals surface area contributed by atoms with Crippen molar-refractivity contribution in [2.24, 2.45) is 0 Å². The number of hydrogen-bond donors (Lipinski definition) is 0. The van der Waals surface area contributed by atoms with Crippen molar-refractivity contribution in [1.29, 1.82) is 0 Å². The predicted molar refractivity (Wildman–Crippen MR) is 88.6 cm³/mol. The Morgan fingerprint density at radius 3 is 2.62 bits per heavy atom. The molecule has 0 N–H and O–H groups in total. The van der Waals surface area contributed by atoms with Crippen molar-refractivity contribution >= 4 is 23.3 Å². The number of halogens is 3. The van der Waals surface area contributed by atoms with Crippen LogP contribution in [-0.2, 0) is 17.4 Å². The van der Waals surface area contributed by atoms with Crippen LogP contribution in [-0.4, -0.2) is 17.4 Å². The molecule has 24 heavy (non-hydrogen) atoms. The summed E-state index contributed by atoms with van der Waals surface area (Å²) in [6.45, 7) is 2.65. The first-order valence-corrected chi connectivity index (χ1v) is 8.46. The fraction of sp³-hybridized carbons (Fsp3) is 0.278. The normalized spacial score (nSPS) is 18.0. The molecule has 0 saturated carbocycles. The molecule has 0 bridgehead atoms. The zero-order valence-corrected chi connectivity index (χ0v) is 13.8. The van der Waals surface area contributed by atoms with Crippen molar-refractivity contribution in [2.45, 2.75) is 25.6 Å². The van der Waals surface area contributed by atoms with E-state index in [9.17, 15) is 18.0 Å². The van der Waals surface area contributed by atoms with Gasteiger partial charge in [-0.3, -0.25) is 4.79 Å². The van der Waals surface area contributed by atoms with Gasteiger partial charge in [0.05, 0.1) is 11.6 Å². The van der Waals surface area contributed by atoms with E-state index in [4.69, 9.17) is 0 Å². The molecule has 6 heteroatoms. The lowest BCUT2D eigenvalue weighted by molar-refractivity contribution is -0.137. The number of thiophene rings is 1. The second kappa shape index (κ2) is 6.43. The highest BCUT2D eigenvalue weighted by Crippen LogP contribution is 2.33. The summed E-state index contributed by atoms with van der Waals surface area (Å²) < 4.78 is 37.6. The highest BCUT2D eigenvalue weighted by atomic mass is 32.1. The van der Waals surface area contributed by atoms with Crippen LogP contribution in [0, 0.1) is 0 Å². The molecule has 1 amide bonds. The van der Waals surface area contributed by atoms with E-state index in [0.717, 1.165) is 18.6 Å². The first-order chi connectivity index (χ1) is 11.4. The second-order valence-corrected chi connectivity index (χ2v) is 6.71. The lowest BCUT2D eigenvalue weighted by Crippen LogP contribution is -2.37. The third-order valence-electron chi connectivity index (χ3n) is 4.22. The molecule has 0 spiro atoms. The Labute approximate surface area is 142 Å². The van der Waals surface area contributed by atoms with Crippen molar-refractivity contribution in [3.05, 3.63) is 63.4 Å². The highest BCUT2D eigenvalue weighted by molar-refractivity contribution is 7.10. The Morgan fingerprint density at radius 1 is 1.25 bits per heavy atom. The number of hydrogen-bond acceptors (Lipinski definition) is 2. The van der Waals surface area contributed by atoms with E-state index in [0.29, 0.717) is 12.1 Å². The van der Waals surface area contributed by atoms with E-state index in [-0.39, 0.29) is 11.9 Å². The fourth-order valence-electron chi connectivity index (χ4n) is 2.86. The first-order valence-electron chi connectivity index (χ1n) is 7.58. The van der Waals surface area contributed by atoms with E-state index >= 15 is 0 Å². The molecule has 2 aromatic rings. The van der Waals surface area contributed by atoms with Crippen molar-refractivity contribution in [3.63, 3.8) is 0 Å². The summed E-state index contributed by atoms with van der Waals surface area (Å²) in [6, 6.07) is 6.83. The maximum atomic E-state index is 12.5. The average Bonchev–Trinajstić information content (AvgIpc) is 3.02. The van der Waals surface area contributed by atoms with Crippen LogP contribution in [0.4, 0.5) is 13.2 Å². The summed E-state index contributed by atoms with van der Waals surface area (Å²) in [5.41, 5.74) is 1.06. The van der Waals surface area contributed by atoms with Crippen LogP contribution in [0.25, 0.3) is 6.08 Å². The minimum atomic E-state index is -4.35. The largest absolute Gasteiger partial charge is 0.416 e. The number of rotatable bonds is 2. The van der Waals surface area contributed by atoms with Crippen molar-refractivity contribution in [2.75, 3.05) is 6.54 Å². The summed E-state index contributed by atoms with van der Waals surface area (Å²) in [5.74, 6) is -0.126. The molecule has 1 atom stereocenters. The summed E-state index contributed by atoms with van der Waals surface area (Å²) in [5, 5.41) is 2.03. The van der Waals surface area contributed by atoms with E-state index < -0.39 is 11.7 Å². The van der Waals surface area contributed by atoms with Gasteiger partial charge in [0.2, 0.25) is 5.91 Å². The van der Waals surface area contributed by atoms with Crippen molar-refractivity contribution in [3.8, 4) is 0 Å². The molecule has 0 fully saturated rings. The van der Waals surface area contributed by atoms with Gasteiger partial charge in [0, 0.05) is 17.5 Å². The summed E-state index contributed by atoms with van der Waals surface area (Å²) in [4.78, 5) is 15.5. The molecule has 0 saturated heterocycles. The number of benzene rings is 1. The molecule has 0 aliphatic carbocycles. The quantitative estimate of drug-likeness (QED) is 0.703. The highest BCUT2D eigenvalue weighted by Gasteiger charge is 2.30. The number of carbonyl (C=O) groups excluding carboxylic acids is 1. The standard InChI is InChI=1S/C18H16F3NOS/c1-12-15-9-11-24-16(15)8-10-22(12)17(23)7-4-13-2-5-14(6-3-13)18(19,20)21/h2-7,9,11-12H,8,10H2,1H3/b7-4+/t12-/m1/s1. The number of carbonyl (C=O) groups is 1. The summed E-state index contributed by atoms with van der Waals surface area (Å²) >= 11 is 1.71. The van der Waals surface area contributed by atoms with Gasteiger partial charge in [0.15, 0.2) is 0 Å². The predicted octanol–water partition coefficient (Wildman–Crippen LogP) is 4.93. The molecule has 1 aliphatic rings. The number of alkyl halides is 3. The Bertz CT molecular complexity index is 761. The molecule has 1 aliphatic heterocycles. The van der Waals surface area contributed by atoms with Crippen molar-refractivity contribution < 1.29 is 18.0 Å². The van der Waals surface area contributed by atoms with Gasteiger partial charge in [-0.2, -0.15) is 13.2 Å². The average molecular weight is 351 g/mol. The fourth-order valence-corrected chi connectivity index (χ4v) is 3.82. The van der Waals surface area contributed by atoms with Gasteiger partial charge in [0.1, 0.15) is 0 Å². The topological polar surface area (TPSA) is 20.3 Å². The number of amides is 1. The van der Waals surface area contributed by atoms with Gasteiger partial charge in [-0.05, 0) is 54.1 Å². The maximum Gasteiger partial charge on any atom is 0.416 e. The molecule has 1 aromatic carbocycles. The van der Waals surface area contributed by atoms with Crippen LogP contribution in [0.3, 0.4) is 0 Å². The molecule has 0 radical (unpaired) electrons. The van der Waals surface area contributed by atoms with Crippen LogP contribution in [0.5, 0.6) is 0 Å². The van der Waals surface area contributed by atoms with Crippen LogP contribution in [0.15, 0.2) is 41.8 Å². The molecule has 0 unspecified atom stereocenters. The zero-order chi connectivity index (χ0) is 17.3. The molecular weight excluding hydrogens is 335 g/mol. The van der Waals surface area contributed by atoms with Crippen molar-refractivity contribution in [1.82, 2.24) is 4.90 Å². The molecule has 2 heterocycles. The minimum Gasteiger partial charge on any atom is -0.332 e. The molecule has 1 aromatic heterocycles. The van der Waals surface area contributed by atoms with Gasteiger partial charge in [-0.1, -0.05) is 12.1 Å². The van der Waals surface area contributed by atoms with E-state index in [1.807, 2.05) is 18.4 Å². The van der Waals surface area contributed by atoms with Gasteiger partial charge in [0.25, 0.3) is 0 Å². The monoisotopic (exact) mass is 351 g/mol. The maximum absolute atomic E-state index is 12.5. The van der Waals surface area contributed by atoms with Crippen LogP contribution >= 0.6 is 11.3 Å². The smallest absolute Gasteiger partial charge is 0.332 e. The van der Waals surface area contributed by atoms with E-state index in [1.165, 1.54) is 28.6 Å². The van der Waals surface area contributed by atoms with Crippen LogP contribution < -0.4 is 0 Å². The Kier molecular flexibility index (Phi) is 4.49. The molecular formula is C18H16F3NOS. The Hall–Kier alpha value is -2.08. The molecule has 126 valence electrons. The van der Waals surface area contributed by atoms with Gasteiger partial charge in [-0.15, -0.1) is 11.3 Å².